The van der Waals surface area contributed by atoms with E-state index in [1.807, 2.05) is 60.7 Å². The number of nitrogens with zero attached hydrogens (tertiary/aromatic N) is 5. The number of fused-ring (bicyclic) bond motifs is 6. The van der Waals surface area contributed by atoms with E-state index in [1.54, 1.807) is 0 Å². The average Bonchev–Trinajstić information content (AvgIpc) is 3.88. The summed E-state index contributed by atoms with van der Waals surface area (Å²) < 4.78 is 4.78. The van der Waals surface area contributed by atoms with Crippen molar-refractivity contribution in [2.75, 3.05) is 0 Å². The normalized spacial score (nSPS) is 11.5. The lowest BCUT2D eigenvalue weighted by Crippen LogP contribution is -2.01. The van der Waals surface area contributed by atoms with Crippen LogP contribution in [0.5, 0.6) is 0 Å². The minimum Gasteiger partial charge on any atom is -0.309 e. The SMILES string of the molecule is c1ccc(-c2cc(-c3nc(-c4ccccc4)nc(-c4ccccc4)n3)cc(-n3c4ccccc4c4cc(-c5cccc6c5c5ccccc5n6-c5ccccc5)ccc43)c2)cc1. The van der Waals surface area contributed by atoms with E-state index in [0.717, 1.165) is 50.2 Å². The van der Waals surface area contributed by atoms with Gasteiger partial charge < -0.3 is 9.13 Å². The predicted octanol–water partition coefficient (Wildman–Crippen LogP) is 14.4. The summed E-state index contributed by atoms with van der Waals surface area (Å²) in [4.78, 5) is 15.3. The number of para-hydroxylation sites is 3. The molecule has 12 aromatic rings. The molecule has 62 heavy (non-hydrogen) atoms. The standard InChI is InChI=1S/C57H37N5/c1-5-18-38(19-6-1)42-34-43(57-59-55(39-20-7-2-8-21-39)58-56(60-57)40-22-9-3-10-23-40)36-45(35-42)62-50-29-15-13-26-47(50)49-37-41(32-33-52(49)62)46-28-17-31-53-54(46)48-27-14-16-30-51(48)61(53)44-24-11-4-12-25-44/h1-37H. The van der Waals surface area contributed by atoms with Gasteiger partial charge in [0.15, 0.2) is 17.5 Å². The first kappa shape index (κ1) is 35.5. The molecule has 5 heteroatoms. The summed E-state index contributed by atoms with van der Waals surface area (Å²) in [5, 5.41) is 4.86. The molecule has 0 spiro atoms. The van der Waals surface area contributed by atoms with Gasteiger partial charge in [-0.3, -0.25) is 0 Å². The molecule has 0 aliphatic carbocycles. The first-order valence-electron chi connectivity index (χ1n) is 20.9. The van der Waals surface area contributed by atoms with Crippen molar-refractivity contribution in [2.45, 2.75) is 0 Å². The van der Waals surface area contributed by atoms with Crippen LogP contribution in [-0.2, 0) is 0 Å². The Bertz CT molecular complexity index is 3550. The third-order valence-electron chi connectivity index (χ3n) is 11.9. The molecular weight excluding hydrogens is 755 g/mol. The Balaban J connectivity index is 1.08. The van der Waals surface area contributed by atoms with Gasteiger partial charge in [0.05, 0.1) is 22.1 Å². The summed E-state index contributed by atoms with van der Waals surface area (Å²) >= 11 is 0. The average molecular weight is 792 g/mol. The van der Waals surface area contributed by atoms with Gasteiger partial charge in [-0.15, -0.1) is 0 Å². The maximum absolute atomic E-state index is 5.16. The van der Waals surface area contributed by atoms with Crippen LogP contribution in [0, 0.1) is 0 Å². The van der Waals surface area contributed by atoms with E-state index in [4.69, 9.17) is 15.0 Å². The molecule has 9 aromatic carbocycles. The third-order valence-corrected chi connectivity index (χ3v) is 11.9. The minimum atomic E-state index is 0.613. The molecular formula is C57H37N5. The van der Waals surface area contributed by atoms with Crippen molar-refractivity contribution in [3.05, 3.63) is 224 Å². The van der Waals surface area contributed by atoms with Gasteiger partial charge in [-0.05, 0) is 82.9 Å². The van der Waals surface area contributed by atoms with Gasteiger partial charge >= 0.3 is 0 Å². The summed E-state index contributed by atoms with van der Waals surface area (Å²) in [7, 11) is 0. The van der Waals surface area contributed by atoms with E-state index in [-0.39, 0.29) is 0 Å². The monoisotopic (exact) mass is 791 g/mol. The van der Waals surface area contributed by atoms with Crippen molar-refractivity contribution >= 4 is 43.6 Å². The highest BCUT2D eigenvalue weighted by Crippen LogP contribution is 2.42. The molecule has 0 aliphatic heterocycles. The lowest BCUT2D eigenvalue weighted by atomic mass is 9.98. The highest BCUT2D eigenvalue weighted by molar-refractivity contribution is 6.17. The van der Waals surface area contributed by atoms with Crippen molar-refractivity contribution in [1.29, 1.82) is 0 Å². The Labute approximate surface area is 358 Å². The second kappa shape index (κ2) is 14.7. The molecule has 0 radical (unpaired) electrons. The second-order valence-corrected chi connectivity index (χ2v) is 15.6. The predicted molar refractivity (Wildman–Crippen MR) is 256 cm³/mol. The number of benzene rings is 9. The van der Waals surface area contributed by atoms with Gasteiger partial charge in [0, 0.05) is 49.6 Å². The zero-order chi connectivity index (χ0) is 41.0. The van der Waals surface area contributed by atoms with E-state index >= 15 is 0 Å². The topological polar surface area (TPSA) is 48.5 Å². The van der Waals surface area contributed by atoms with E-state index in [2.05, 4.69) is 173 Å². The van der Waals surface area contributed by atoms with E-state index in [9.17, 15) is 0 Å². The van der Waals surface area contributed by atoms with Crippen LogP contribution in [0.15, 0.2) is 224 Å². The number of hydrogen-bond acceptors (Lipinski definition) is 3. The van der Waals surface area contributed by atoms with Gasteiger partial charge in [-0.1, -0.05) is 164 Å². The molecule has 12 rings (SSSR count). The molecule has 0 amide bonds. The molecule has 0 atom stereocenters. The zero-order valence-corrected chi connectivity index (χ0v) is 33.6. The molecule has 3 aromatic heterocycles. The summed E-state index contributed by atoms with van der Waals surface area (Å²) in [5.41, 5.74) is 14.1. The first-order valence-corrected chi connectivity index (χ1v) is 20.9. The van der Waals surface area contributed by atoms with Crippen LogP contribution in [0.4, 0.5) is 0 Å². The molecule has 0 saturated carbocycles. The Hall–Kier alpha value is -8.41. The number of hydrogen-bond donors (Lipinski definition) is 0. The fraction of sp³-hybridized carbons (Fsp3) is 0. The third kappa shape index (κ3) is 5.98. The molecule has 0 aliphatic rings. The maximum Gasteiger partial charge on any atom is 0.164 e. The number of aromatic nitrogens is 5. The van der Waals surface area contributed by atoms with Gasteiger partial charge in [-0.25, -0.2) is 15.0 Å². The summed E-state index contributed by atoms with van der Waals surface area (Å²) in [6.07, 6.45) is 0. The van der Waals surface area contributed by atoms with Crippen LogP contribution in [0.25, 0.3) is 111 Å². The smallest absolute Gasteiger partial charge is 0.164 e. The number of rotatable bonds is 7. The van der Waals surface area contributed by atoms with Crippen LogP contribution >= 0.6 is 0 Å². The van der Waals surface area contributed by atoms with Crippen LogP contribution in [0.2, 0.25) is 0 Å². The zero-order valence-electron chi connectivity index (χ0n) is 33.6. The van der Waals surface area contributed by atoms with Crippen molar-refractivity contribution < 1.29 is 0 Å². The van der Waals surface area contributed by atoms with Gasteiger partial charge in [0.1, 0.15) is 0 Å². The lowest BCUT2D eigenvalue weighted by molar-refractivity contribution is 1.07. The van der Waals surface area contributed by atoms with E-state index in [0.29, 0.717) is 17.5 Å². The molecule has 0 saturated heterocycles. The van der Waals surface area contributed by atoms with Crippen LogP contribution in [-0.4, -0.2) is 24.1 Å². The van der Waals surface area contributed by atoms with Gasteiger partial charge in [0.2, 0.25) is 0 Å². The summed E-state index contributed by atoms with van der Waals surface area (Å²) in [5.74, 6) is 1.88. The summed E-state index contributed by atoms with van der Waals surface area (Å²) in [6.45, 7) is 0. The maximum atomic E-state index is 5.16. The van der Waals surface area contributed by atoms with Crippen LogP contribution in [0.3, 0.4) is 0 Å². The Morgan fingerprint density at radius 2 is 0.742 bits per heavy atom. The first-order chi connectivity index (χ1) is 30.7. The molecule has 5 nitrogen and oxygen atoms in total. The van der Waals surface area contributed by atoms with Gasteiger partial charge in [-0.2, -0.15) is 0 Å². The molecule has 3 heterocycles. The molecule has 0 fully saturated rings. The lowest BCUT2D eigenvalue weighted by Gasteiger charge is -2.14. The Morgan fingerprint density at radius 1 is 0.258 bits per heavy atom. The quantitative estimate of drug-likeness (QED) is 0.162. The van der Waals surface area contributed by atoms with Crippen molar-refractivity contribution in [3.8, 4) is 67.8 Å². The van der Waals surface area contributed by atoms with E-state index in [1.165, 1.54) is 43.7 Å². The van der Waals surface area contributed by atoms with Crippen molar-refractivity contribution in [1.82, 2.24) is 24.1 Å². The van der Waals surface area contributed by atoms with E-state index < -0.39 is 0 Å². The largest absolute Gasteiger partial charge is 0.309 e. The van der Waals surface area contributed by atoms with Crippen LogP contribution in [0.1, 0.15) is 0 Å². The molecule has 0 bridgehead atoms. The highest BCUT2D eigenvalue weighted by Gasteiger charge is 2.20. The fourth-order valence-corrected chi connectivity index (χ4v) is 9.14. The van der Waals surface area contributed by atoms with Crippen molar-refractivity contribution in [2.24, 2.45) is 0 Å². The minimum absolute atomic E-state index is 0.613. The van der Waals surface area contributed by atoms with Crippen LogP contribution < -0.4 is 0 Å². The second-order valence-electron chi connectivity index (χ2n) is 15.6. The Kier molecular flexibility index (Phi) is 8.42. The Morgan fingerprint density at radius 3 is 1.40 bits per heavy atom. The fourth-order valence-electron chi connectivity index (χ4n) is 9.14. The molecule has 0 N–H and O–H groups in total. The van der Waals surface area contributed by atoms with Gasteiger partial charge in [0.25, 0.3) is 0 Å². The van der Waals surface area contributed by atoms with Crippen molar-refractivity contribution in [3.63, 3.8) is 0 Å². The molecule has 290 valence electrons. The molecule has 0 unspecified atom stereocenters. The highest BCUT2D eigenvalue weighted by atomic mass is 15.0. The summed E-state index contributed by atoms with van der Waals surface area (Å²) in [6, 6.07) is 79.4.